The fraction of sp³-hybridized carbons (Fsp3) is 0.259. The van der Waals surface area contributed by atoms with Gasteiger partial charge >= 0.3 is 0 Å². The first-order valence-corrected chi connectivity index (χ1v) is 13.7. The minimum atomic E-state index is -3.46. The van der Waals surface area contributed by atoms with Gasteiger partial charge < -0.3 is 20.3 Å². The summed E-state index contributed by atoms with van der Waals surface area (Å²) in [6, 6.07) is 19.0. The Hall–Kier alpha value is -3.89. The third-order valence-corrected chi connectivity index (χ3v) is 7.31. The molecule has 0 spiro atoms. The molecule has 194 valence electrons. The molecule has 1 fully saturated rings. The van der Waals surface area contributed by atoms with Crippen molar-refractivity contribution >= 4 is 44.6 Å². The van der Waals surface area contributed by atoms with Gasteiger partial charge in [-0.15, -0.1) is 0 Å². The summed E-state index contributed by atoms with van der Waals surface area (Å²) in [6.07, 6.45) is 0. The number of sulfonamides is 1. The Bertz CT molecular complexity index is 1400. The molecule has 1 aliphatic heterocycles. The number of hydrogen-bond acceptors (Lipinski definition) is 6. The maximum absolute atomic E-state index is 13.0. The van der Waals surface area contributed by atoms with Crippen LogP contribution in [0, 0.1) is 6.92 Å². The Morgan fingerprint density at radius 1 is 0.865 bits per heavy atom. The van der Waals surface area contributed by atoms with Crippen molar-refractivity contribution in [3.63, 3.8) is 0 Å². The van der Waals surface area contributed by atoms with Crippen LogP contribution in [0.2, 0.25) is 0 Å². The molecule has 0 aromatic heterocycles. The summed E-state index contributed by atoms with van der Waals surface area (Å²) in [5, 5.41) is 5.75. The molecule has 37 heavy (non-hydrogen) atoms. The number of amides is 2. The Kier molecular flexibility index (Phi) is 8.10. The van der Waals surface area contributed by atoms with Gasteiger partial charge in [0.05, 0.1) is 19.0 Å². The highest BCUT2D eigenvalue weighted by atomic mass is 32.2. The van der Waals surface area contributed by atoms with Gasteiger partial charge in [0.25, 0.3) is 11.8 Å². The first kappa shape index (κ1) is 26.2. The van der Waals surface area contributed by atoms with Crippen LogP contribution in [0.4, 0.5) is 22.7 Å². The average molecular weight is 523 g/mol. The third kappa shape index (κ3) is 6.87. The molecule has 1 heterocycles. The third-order valence-electron chi connectivity index (χ3n) is 6.01. The van der Waals surface area contributed by atoms with E-state index in [9.17, 15) is 18.0 Å². The maximum Gasteiger partial charge on any atom is 0.255 e. The summed E-state index contributed by atoms with van der Waals surface area (Å²) in [7, 11) is -3.46. The van der Waals surface area contributed by atoms with E-state index in [2.05, 4.69) is 20.3 Å². The fourth-order valence-electron chi connectivity index (χ4n) is 3.87. The number of anilines is 4. The van der Waals surface area contributed by atoms with Gasteiger partial charge in [-0.05, 0) is 67.9 Å². The van der Waals surface area contributed by atoms with Crippen molar-refractivity contribution in [1.82, 2.24) is 0 Å². The second-order valence-corrected chi connectivity index (χ2v) is 10.7. The highest BCUT2D eigenvalue weighted by Crippen LogP contribution is 2.23. The Labute approximate surface area is 216 Å². The van der Waals surface area contributed by atoms with Crippen LogP contribution >= 0.6 is 0 Å². The minimum absolute atomic E-state index is 0.0708. The zero-order valence-electron chi connectivity index (χ0n) is 20.8. The van der Waals surface area contributed by atoms with E-state index < -0.39 is 15.9 Å². The molecule has 10 heteroatoms. The number of rotatable bonds is 8. The van der Waals surface area contributed by atoms with E-state index in [1.54, 1.807) is 42.5 Å². The van der Waals surface area contributed by atoms with Crippen LogP contribution in [0.25, 0.3) is 0 Å². The second kappa shape index (κ2) is 11.4. The van der Waals surface area contributed by atoms with Gasteiger partial charge in [0, 0.05) is 47.0 Å². The van der Waals surface area contributed by atoms with Gasteiger partial charge in [0.1, 0.15) is 0 Å². The SMILES string of the molecule is CCS(=O)(=O)Nc1cccc(C(=O)Nc2cc(NC(=O)c3cccc(N4CCOCC4)c3)ccc2C)c1. The van der Waals surface area contributed by atoms with Gasteiger partial charge in [0.2, 0.25) is 10.0 Å². The number of carbonyl (C=O) groups is 2. The van der Waals surface area contributed by atoms with Crippen LogP contribution in [0.1, 0.15) is 33.2 Å². The number of benzene rings is 3. The zero-order valence-corrected chi connectivity index (χ0v) is 21.6. The summed E-state index contributed by atoms with van der Waals surface area (Å²) < 4.78 is 31.6. The number of ether oxygens (including phenoxy) is 1. The van der Waals surface area contributed by atoms with E-state index in [0.717, 1.165) is 24.3 Å². The number of nitrogens with zero attached hydrogens (tertiary/aromatic N) is 1. The Balaban J connectivity index is 1.46. The molecule has 0 bridgehead atoms. The van der Waals surface area contributed by atoms with Crippen molar-refractivity contribution in [1.29, 1.82) is 0 Å². The summed E-state index contributed by atoms with van der Waals surface area (Å²) in [6.45, 7) is 6.26. The summed E-state index contributed by atoms with van der Waals surface area (Å²) in [4.78, 5) is 28.1. The van der Waals surface area contributed by atoms with Crippen molar-refractivity contribution in [3.8, 4) is 0 Å². The van der Waals surface area contributed by atoms with Gasteiger partial charge in [-0.25, -0.2) is 8.42 Å². The van der Waals surface area contributed by atoms with Crippen molar-refractivity contribution in [2.45, 2.75) is 13.8 Å². The maximum atomic E-state index is 13.0. The lowest BCUT2D eigenvalue weighted by atomic mass is 10.1. The van der Waals surface area contributed by atoms with Gasteiger partial charge in [-0.1, -0.05) is 18.2 Å². The molecule has 3 aromatic rings. The molecule has 0 unspecified atom stereocenters. The number of hydrogen-bond donors (Lipinski definition) is 3. The van der Waals surface area contributed by atoms with Crippen LogP contribution in [0.15, 0.2) is 66.7 Å². The van der Waals surface area contributed by atoms with Crippen molar-refractivity contribution in [3.05, 3.63) is 83.4 Å². The van der Waals surface area contributed by atoms with Crippen molar-refractivity contribution in [2.75, 3.05) is 52.3 Å². The molecule has 0 radical (unpaired) electrons. The molecule has 4 rings (SSSR count). The summed E-state index contributed by atoms with van der Waals surface area (Å²) >= 11 is 0. The Morgan fingerprint density at radius 3 is 2.27 bits per heavy atom. The summed E-state index contributed by atoms with van der Waals surface area (Å²) in [5.41, 5.74) is 3.98. The molecule has 0 aliphatic carbocycles. The number of morpholine rings is 1. The van der Waals surface area contributed by atoms with E-state index in [-0.39, 0.29) is 11.7 Å². The van der Waals surface area contributed by atoms with Crippen LogP contribution in [-0.2, 0) is 14.8 Å². The first-order chi connectivity index (χ1) is 17.7. The predicted octanol–water partition coefficient (Wildman–Crippen LogP) is 4.10. The standard InChI is InChI=1S/C27H30N4O5S/c1-3-37(34,35)30-23-8-4-6-20(16-23)27(33)29-25-18-22(11-10-19(25)2)28-26(32)21-7-5-9-24(17-21)31-12-14-36-15-13-31/h4-11,16-18,30H,3,12-15H2,1-2H3,(H,28,32)(H,29,33). The lowest BCUT2D eigenvalue weighted by Gasteiger charge is -2.29. The number of carbonyl (C=O) groups excluding carboxylic acids is 2. The summed E-state index contributed by atoms with van der Waals surface area (Å²) in [5.74, 6) is -0.729. The van der Waals surface area contributed by atoms with E-state index in [0.29, 0.717) is 41.4 Å². The smallest absolute Gasteiger partial charge is 0.255 e. The normalized spacial score (nSPS) is 13.6. The lowest BCUT2D eigenvalue weighted by Crippen LogP contribution is -2.36. The molecule has 1 aliphatic rings. The van der Waals surface area contributed by atoms with Gasteiger partial charge in [0.15, 0.2) is 0 Å². The largest absolute Gasteiger partial charge is 0.378 e. The van der Waals surface area contributed by atoms with Crippen molar-refractivity contribution in [2.24, 2.45) is 0 Å². The van der Waals surface area contributed by atoms with E-state index in [1.807, 2.05) is 25.1 Å². The zero-order chi connectivity index (χ0) is 26.4. The van der Waals surface area contributed by atoms with E-state index >= 15 is 0 Å². The van der Waals surface area contributed by atoms with Crippen LogP contribution in [-0.4, -0.2) is 52.3 Å². The molecular formula is C27H30N4O5S. The quantitative estimate of drug-likeness (QED) is 0.410. The van der Waals surface area contributed by atoms with Crippen LogP contribution in [0.5, 0.6) is 0 Å². The van der Waals surface area contributed by atoms with Gasteiger partial charge in [-0.2, -0.15) is 0 Å². The number of nitrogens with one attached hydrogen (secondary N) is 3. The Morgan fingerprint density at radius 2 is 1.54 bits per heavy atom. The second-order valence-electron chi connectivity index (χ2n) is 8.67. The molecule has 0 saturated carbocycles. The van der Waals surface area contributed by atoms with E-state index in [1.165, 1.54) is 13.0 Å². The molecule has 1 saturated heterocycles. The van der Waals surface area contributed by atoms with E-state index in [4.69, 9.17) is 4.74 Å². The highest BCUT2D eigenvalue weighted by molar-refractivity contribution is 7.92. The predicted molar refractivity (Wildman–Crippen MR) is 146 cm³/mol. The monoisotopic (exact) mass is 522 g/mol. The molecule has 0 atom stereocenters. The first-order valence-electron chi connectivity index (χ1n) is 12.0. The average Bonchev–Trinajstić information content (AvgIpc) is 2.91. The molecular weight excluding hydrogens is 492 g/mol. The molecule has 3 aromatic carbocycles. The van der Waals surface area contributed by atoms with Crippen molar-refractivity contribution < 1.29 is 22.7 Å². The fourth-order valence-corrected chi connectivity index (χ4v) is 4.50. The molecule has 9 nitrogen and oxygen atoms in total. The highest BCUT2D eigenvalue weighted by Gasteiger charge is 2.15. The topological polar surface area (TPSA) is 117 Å². The van der Waals surface area contributed by atoms with Crippen LogP contribution < -0.4 is 20.3 Å². The minimum Gasteiger partial charge on any atom is -0.378 e. The molecule has 2 amide bonds. The lowest BCUT2D eigenvalue weighted by molar-refractivity contribution is 0.101. The van der Waals surface area contributed by atoms with Crippen LogP contribution in [0.3, 0.4) is 0 Å². The number of aryl methyl sites for hydroxylation is 1. The van der Waals surface area contributed by atoms with Gasteiger partial charge in [-0.3, -0.25) is 14.3 Å². The molecule has 3 N–H and O–H groups in total.